The Kier molecular flexibility index (Phi) is 8.41. The molecule has 1 aromatic rings. The van der Waals surface area contributed by atoms with Crippen molar-refractivity contribution in [1.29, 1.82) is 0 Å². The van der Waals surface area contributed by atoms with Crippen molar-refractivity contribution in [2.75, 3.05) is 20.0 Å². The lowest BCUT2D eigenvalue weighted by Gasteiger charge is -2.24. The van der Waals surface area contributed by atoms with E-state index in [9.17, 15) is 14.8 Å². The van der Waals surface area contributed by atoms with Crippen molar-refractivity contribution in [2.45, 2.75) is 53.5 Å². The smallest absolute Gasteiger partial charge is 0.246 e. The Balaban J connectivity index is 2.09. The molecular formula is C23H36N2O5. The number of rotatable bonds is 12. The van der Waals surface area contributed by atoms with E-state index in [1.807, 2.05) is 37.3 Å². The Hall–Kier alpha value is -1.96. The number of benzene rings is 1. The molecule has 1 fully saturated rings. The lowest BCUT2D eigenvalue weighted by molar-refractivity contribution is -0.135. The van der Waals surface area contributed by atoms with Gasteiger partial charge < -0.3 is 14.8 Å². The minimum absolute atomic E-state index is 0.0297. The molecule has 1 aromatic carbocycles. The Morgan fingerprint density at radius 1 is 1.10 bits per heavy atom. The van der Waals surface area contributed by atoms with Gasteiger partial charge in [0.15, 0.2) is 0 Å². The second-order valence-corrected chi connectivity index (χ2v) is 9.16. The van der Waals surface area contributed by atoms with Crippen LogP contribution in [0.3, 0.4) is 0 Å². The average Bonchev–Trinajstić information content (AvgIpc) is 3.13. The lowest BCUT2D eigenvalue weighted by Crippen LogP contribution is -2.44. The maximum absolute atomic E-state index is 13.0. The maximum Gasteiger partial charge on any atom is 0.246 e. The molecular weight excluding hydrogens is 384 g/mol. The van der Waals surface area contributed by atoms with Crippen LogP contribution in [0.25, 0.3) is 0 Å². The average molecular weight is 421 g/mol. The van der Waals surface area contributed by atoms with Gasteiger partial charge in [0.2, 0.25) is 11.8 Å². The molecule has 2 amide bonds. The molecule has 1 aliphatic rings. The predicted octanol–water partition coefficient (Wildman–Crippen LogP) is 2.92. The molecule has 2 rings (SSSR count). The number of carbonyl (C=O) groups excluding carboxylic acids is 2. The van der Waals surface area contributed by atoms with Gasteiger partial charge in [-0.25, -0.2) is 5.48 Å². The first-order valence-electron chi connectivity index (χ1n) is 10.6. The zero-order valence-electron chi connectivity index (χ0n) is 18.7. The van der Waals surface area contributed by atoms with E-state index in [0.717, 1.165) is 5.56 Å². The Labute approximate surface area is 179 Å². The molecule has 0 bridgehead atoms. The van der Waals surface area contributed by atoms with Gasteiger partial charge >= 0.3 is 0 Å². The van der Waals surface area contributed by atoms with Crippen molar-refractivity contribution in [3.05, 3.63) is 35.9 Å². The molecule has 1 saturated carbocycles. The third-order valence-corrected chi connectivity index (χ3v) is 6.69. The second kappa shape index (κ2) is 10.4. The number of hydrogen-bond donors (Lipinski definition) is 3. The van der Waals surface area contributed by atoms with E-state index in [1.165, 1.54) is 0 Å². The standard InChI is InChI=1S/C23H36N2O5/c1-6-29-15-30-14-18(24-21(27)19-22(2,3)23(19,4)5)13-17(20(26)25-28)12-16-10-8-7-9-11-16/h7-11,17-19,28H,6,12-15H2,1-5H3,(H,24,27)(H,25,26)/t17-,18-/m0/s1. The first kappa shape index (κ1) is 24.3. The maximum atomic E-state index is 13.0. The molecule has 2 atom stereocenters. The van der Waals surface area contributed by atoms with Gasteiger partial charge in [-0.05, 0) is 36.2 Å². The Bertz CT molecular complexity index is 691. The summed E-state index contributed by atoms with van der Waals surface area (Å²) in [4.78, 5) is 25.3. The fourth-order valence-electron chi connectivity index (χ4n) is 4.25. The van der Waals surface area contributed by atoms with E-state index in [-0.39, 0.29) is 42.1 Å². The second-order valence-electron chi connectivity index (χ2n) is 9.16. The highest BCUT2D eigenvalue weighted by Gasteiger charge is 2.68. The van der Waals surface area contributed by atoms with Crippen LogP contribution in [0.1, 0.15) is 46.6 Å². The van der Waals surface area contributed by atoms with Crippen LogP contribution in [-0.2, 0) is 25.5 Å². The van der Waals surface area contributed by atoms with Crippen LogP contribution in [0.2, 0.25) is 0 Å². The lowest BCUT2D eigenvalue weighted by atomic mass is 9.92. The van der Waals surface area contributed by atoms with Crippen molar-refractivity contribution in [2.24, 2.45) is 22.7 Å². The fraction of sp³-hybridized carbons (Fsp3) is 0.652. The summed E-state index contributed by atoms with van der Waals surface area (Å²) in [7, 11) is 0. The first-order chi connectivity index (χ1) is 14.1. The van der Waals surface area contributed by atoms with Crippen LogP contribution in [0.5, 0.6) is 0 Å². The molecule has 7 heteroatoms. The van der Waals surface area contributed by atoms with E-state index in [0.29, 0.717) is 19.4 Å². The van der Waals surface area contributed by atoms with Crippen LogP contribution in [0.15, 0.2) is 30.3 Å². The van der Waals surface area contributed by atoms with E-state index in [4.69, 9.17) is 9.47 Å². The molecule has 30 heavy (non-hydrogen) atoms. The van der Waals surface area contributed by atoms with Crippen molar-refractivity contribution in [3.63, 3.8) is 0 Å². The van der Waals surface area contributed by atoms with Crippen molar-refractivity contribution >= 4 is 11.8 Å². The van der Waals surface area contributed by atoms with Gasteiger partial charge in [0.05, 0.1) is 12.6 Å². The summed E-state index contributed by atoms with van der Waals surface area (Å²) >= 11 is 0. The Morgan fingerprint density at radius 2 is 1.73 bits per heavy atom. The van der Waals surface area contributed by atoms with Crippen molar-refractivity contribution < 1.29 is 24.3 Å². The number of hydrogen-bond acceptors (Lipinski definition) is 5. The van der Waals surface area contributed by atoms with Gasteiger partial charge in [-0.15, -0.1) is 0 Å². The summed E-state index contributed by atoms with van der Waals surface area (Å²) in [5.41, 5.74) is 2.58. The first-order valence-corrected chi connectivity index (χ1v) is 10.6. The SMILES string of the molecule is CCOCOC[C@H](C[C@H](Cc1ccccc1)C(=O)NO)NC(=O)C1C(C)(C)C1(C)C. The zero-order chi connectivity index (χ0) is 22.4. The van der Waals surface area contributed by atoms with Crippen LogP contribution in [0, 0.1) is 22.7 Å². The highest BCUT2D eigenvalue weighted by molar-refractivity contribution is 5.84. The van der Waals surface area contributed by atoms with Gasteiger partial charge in [-0.2, -0.15) is 0 Å². The van der Waals surface area contributed by atoms with E-state index >= 15 is 0 Å². The number of carbonyl (C=O) groups is 2. The molecule has 3 N–H and O–H groups in total. The van der Waals surface area contributed by atoms with E-state index in [2.05, 4.69) is 33.0 Å². The summed E-state index contributed by atoms with van der Waals surface area (Å²) in [6.45, 7) is 11.1. The molecule has 7 nitrogen and oxygen atoms in total. The predicted molar refractivity (Wildman–Crippen MR) is 114 cm³/mol. The summed E-state index contributed by atoms with van der Waals surface area (Å²) in [5, 5.41) is 12.3. The molecule has 0 unspecified atom stereocenters. The number of amides is 2. The van der Waals surface area contributed by atoms with Crippen LogP contribution >= 0.6 is 0 Å². The van der Waals surface area contributed by atoms with E-state index in [1.54, 1.807) is 5.48 Å². The molecule has 0 saturated heterocycles. The fourth-order valence-corrected chi connectivity index (χ4v) is 4.25. The number of ether oxygens (including phenoxy) is 2. The largest absolute Gasteiger partial charge is 0.356 e. The minimum Gasteiger partial charge on any atom is -0.356 e. The molecule has 0 aliphatic heterocycles. The third-order valence-electron chi connectivity index (χ3n) is 6.69. The molecule has 168 valence electrons. The molecule has 0 spiro atoms. The minimum atomic E-state index is -0.515. The normalized spacial score (nSPS) is 19.0. The monoisotopic (exact) mass is 420 g/mol. The van der Waals surface area contributed by atoms with E-state index < -0.39 is 11.8 Å². The van der Waals surface area contributed by atoms with Gasteiger partial charge in [0, 0.05) is 18.4 Å². The van der Waals surface area contributed by atoms with Crippen LogP contribution in [-0.4, -0.2) is 43.1 Å². The van der Waals surface area contributed by atoms with Crippen LogP contribution < -0.4 is 10.8 Å². The highest BCUT2D eigenvalue weighted by atomic mass is 16.7. The van der Waals surface area contributed by atoms with Gasteiger partial charge in [0.25, 0.3) is 0 Å². The van der Waals surface area contributed by atoms with Crippen molar-refractivity contribution in [1.82, 2.24) is 10.8 Å². The summed E-state index contributed by atoms with van der Waals surface area (Å²) in [5.74, 6) is -1.12. The molecule has 0 radical (unpaired) electrons. The summed E-state index contributed by atoms with van der Waals surface area (Å²) in [6, 6.07) is 9.22. The van der Waals surface area contributed by atoms with Gasteiger partial charge in [-0.3, -0.25) is 14.8 Å². The van der Waals surface area contributed by atoms with Gasteiger partial charge in [-0.1, -0.05) is 58.0 Å². The topological polar surface area (TPSA) is 96.9 Å². The molecule has 0 heterocycles. The quantitative estimate of drug-likeness (QED) is 0.209. The summed E-state index contributed by atoms with van der Waals surface area (Å²) in [6.07, 6.45) is 0.790. The highest BCUT2D eigenvalue weighted by Crippen LogP contribution is 2.68. The number of nitrogens with one attached hydrogen (secondary N) is 2. The molecule has 1 aliphatic carbocycles. The van der Waals surface area contributed by atoms with Crippen molar-refractivity contribution in [3.8, 4) is 0 Å². The number of hydroxylamine groups is 1. The van der Waals surface area contributed by atoms with Crippen LogP contribution in [0.4, 0.5) is 0 Å². The third kappa shape index (κ3) is 5.80. The zero-order valence-corrected chi connectivity index (χ0v) is 18.7. The molecule has 0 aromatic heterocycles. The van der Waals surface area contributed by atoms with Gasteiger partial charge in [0.1, 0.15) is 6.79 Å². The summed E-state index contributed by atoms with van der Waals surface area (Å²) < 4.78 is 10.8. The Morgan fingerprint density at radius 3 is 2.27 bits per heavy atom.